The lowest BCUT2D eigenvalue weighted by Gasteiger charge is -2.24. The molecule has 0 aromatic rings. The first-order valence-electron chi connectivity index (χ1n) is 4.87. The molecule has 3 aliphatic rings. The van der Waals surface area contributed by atoms with Gasteiger partial charge >= 0.3 is 0 Å². The number of fused-ring (bicyclic) bond motifs is 1. The summed E-state index contributed by atoms with van der Waals surface area (Å²) in [6, 6.07) is 0. The van der Waals surface area contributed by atoms with Crippen molar-refractivity contribution in [1.82, 2.24) is 0 Å². The molecular formula is C12H12O. The van der Waals surface area contributed by atoms with Gasteiger partial charge in [-0.3, -0.25) is 0 Å². The van der Waals surface area contributed by atoms with Gasteiger partial charge in [0.05, 0.1) is 6.61 Å². The minimum absolute atomic E-state index is 0.894. The maximum atomic E-state index is 5.63. The summed E-state index contributed by atoms with van der Waals surface area (Å²) in [6.07, 6.45) is 12.2. The molecule has 1 heterocycles. The summed E-state index contributed by atoms with van der Waals surface area (Å²) in [7, 11) is 0. The fourth-order valence-corrected chi connectivity index (χ4v) is 2.16. The lowest BCUT2D eigenvalue weighted by atomic mass is 9.90. The van der Waals surface area contributed by atoms with E-state index in [4.69, 9.17) is 4.74 Å². The largest absolute Gasteiger partial charge is 0.494 e. The van der Waals surface area contributed by atoms with Crippen LogP contribution in [0, 0.1) is 0 Å². The Hall–Kier alpha value is -1.24. The topological polar surface area (TPSA) is 9.23 Å². The zero-order valence-corrected chi connectivity index (χ0v) is 7.55. The number of ether oxygens (including phenoxy) is 1. The van der Waals surface area contributed by atoms with Crippen LogP contribution in [0.4, 0.5) is 0 Å². The van der Waals surface area contributed by atoms with Crippen LogP contribution in [0.1, 0.15) is 19.3 Å². The van der Waals surface area contributed by atoms with Crippen molar-refractivity contribution in [2.45, 2.75) is 19.3 Å². The standard InChI is InChI=1S/C12H12O/c1-3-9-7-11-5-2-6-13-12(11)8-10(9)4-1/h1,3-4,8H,2,5-7H2. The molecule has 0 N–H and O–H groups in total. The number of hydrogen-bond acceptors (Lipinski definition) is 1. The molecule has 0 saturated carbocycles. The van der Waals surface area contributed by atoms with Gasteiger partial charge in [-0.05, 0) is 42.1 Å². The van der Waals surface area contributed by atoms with Crippen molar-refractivity contribution in [3.63, 3.8) is 0 Å². The normalized spacial score (nSPS) is 24.6. The van der Waals surface area contributed by atoms with E-state index >= 15 is 0 Å². The van der Waals surface area contributed by atoms with E-state index in [2.05, 4.69) is 24.3 Å². The van der Waals surface area contributed by atoms with Crippen LogP contribution >= 0.6 is 0 Å². The molecule has 0 radical (unpaired) electrons. The third-order valence-corrected chi connectivity index (χ3v) is 2.86. The molecule has 0 saturated heterocycles. The molecule has 0 aromatic heterocycles. The molecule has 0 aromatic carbocycles. The van der Waals surface area contributed by atoms with E-state index in [1.165, 1.54) is 29.6 Å². The number of allylic oxidation sites excluding steroid dienone is 7. The van der Waals surface area contributed by atoms with Gasteiger partial charge < -0.3 is 4.74 Å². The summed E-state index contributed by atoms with van der Waals surface area (Å²) in [5.41, 5.74) is 4.30. The van der Waals surface area contributed by atoms with Gasteiger partial charge in [0.1, 0.15) is 5.76 Å². The molecule has 1 aliphatic heterocycles. The molecule has 0 spiro atoms. The van der Waals surface area contributed by atoms with E-state index in [0.717, 1.165) is 18.8 Å². The van der Waals surface area contributed by atoms with Gasteiger partial charge in [0.25, 0.3) is 0 Å². The van der Waals surface area contributed by atoms with Gasteiger partial charge in [-0.15, -0.1) is 0 Å². The molecule has 0 unspecified atom stereocenters. The van der Waals surface area contributed by atoms with Gasteiger partial charge in [-0.25, -0.2) is 0 Å². The predicted octanol–water partition coefficient (Wildman–Crippen LogP) is 2.88. The zero-order chi connectivity index (χ0) is 8.67. The van der Waals surface area contributed by atoms with Gasteiger partial charge in [0, 0.05) is 0 Å². The third kappa shape index (κ3) is 1.07. The fraction of sp³-hybridized carbons (Fsp3) is 0.333. The van der Waals surface area contributed by atoms with Crippen LogP contribution in [-0.4, -0.2) is 6.61 Å². The van der Waals surface area contributed by atoms with Crippen molar-refractivity contribution in [3.8, 4) is 0 Å². The Balaban J connectivity index is 2.03. The Morgan fingerprint density at radius 1 is 1.31 bits per heavy atom. The minimum Gasteiger partial charge on any atom is -0.494 e. The molecule has 3 rings (SSSR count). The van der Waals surface area contributed by atoms with Gasteiger partial charge in [-0.1, -0.05) is 18.2 Å². The Labute approximate surface area is 78.1 Å². The monoisotopic (exact) mass is 172 g/mol. The highest BCUT2D eigenvalue weighted by molar-refractivity contribution is 5.56. The third-order valence-electron chi connectivity index (χ3n) is 2.86. The van der Waals surface area contributed by atoms with Crippen LogP contribution in [0.2, 0.25) is 0 Å². The quantitative estimate of drug-likeness (QED) is 0.546. The highest BCUT2D eigenvalue weighted by atomic mass is 16.5. The summed E-state index contributed by atoms with van der Waals surface area (Å²) in [4.78, 5) is 0. The summed E-state index contributed by atoms with van der Waals surface area (Å²) in [6.45, 7) is 0.894. The van der Waals surface area contributed by atoms with Crippen molar-refractivity contribution < 1.29 is 4.74 Å². The highest BCUT2D eigenvalue weighted by Crippen LogP contribution is 2.36. The maximum absolute atomic E-state index is 5.63. The molecule has 0 atom stereocenters. The predicted molar refractivity (Wildman–Crippen MR) is 52.1 cm³/mol. The van der Waals surface area contributed by atoms with Crippen LogP contribution in [0.3, 0.4) is 0 Å². The Kier molecular flexibility index (Phi) is 1.45. The van der Waals surface area contributed by atoms with E-state index in [9.17, 15) is 0 Å². The van der Waals surface area contributed by atoms with Crippen LogP contribution in [0.5, 0.6) is 0 Å². The van der Waals surface area contributed by atoms with Gasteiger partial charge in [0.2, 0.25) is 0 Å². The van der Waals surface area contributed by atoms with Gasteiger partial charge in [-0.2, -0.15) is 0 Å². The smallest absolute Gasteiger partial charge is 0.119 e. The summed E-state index contributed by atoms with van der Waals surface area (Å²) < 4.78 is 5.63. The Morgan fingerprint density at radius 3 is 3.31 bits per heavy atom. The molecule has 0 fully saturated rings. The first-order valence-corrected chi connectivity index (χ1v) is 4.87. The van der Waals surface area contributed by atoms with Crippen LogP contribution < -0.4 is 0 Å². The fourth-order valence-electron chi connectivity index (χ4n) is 2.16. The first kappa shape index (κ1) is 7.19. The lowest BCUT2D eigenvalue weighted by molar-refractivity contribution is 0.197. The van der Waals surface area contributed by atoms with Crippen molar-refractivity contribution in [1.29, 1.82) is 0 Å². The number of rotatable bonds is 0. The van der Waals surface area contributed by atoms with E-state index in [1.54, 1.807) is 0 Å². The summed E-state index contributed by atoms with van der Waals surface area (Å²) in [5, 5.41) is 0. The Morgan fingerprint density at radius 2 is 2.31 bits per heavy atom. The molecule has 13 heavy (non-hydrogen) atoms. The molecule has 0 bridgehead atoms. The average molecular weight is 172 g/mol. The van der Waals surface area contributed by atoms with Crippen LogP contribution in [-0.2, 0) is 4.74 Å². The molecular weight excluding hydrogens is 160 g/mol. The van der Waals surface area contributed by atoms with E-state index in [1.807, 2.05) is 0 Å². The highest BCUT2D eigenvalue weighted by Gasteiger charge is 2.21. The second-order valence-electron chi connectivity index (χ2n) is 3.75. The summed E-state index contributed by atoms with van der Waals surface area (Å²) in [5.74, 6) is 1.14. The second-order valence-corrected chi connectivity index (χ2v) is 3.75. The molecule has 66 valence electrons. The lowest BCUT2D eigenvalue weighted by Crippen LogP contribution is -2.10. The van der Waals surface area contributed by atoms with E-state index in [0.29, 0.717) is 0 Å². The second kappa shape index (κ2) is 2.63. The van der Waals surface area contributed by atoms with Crippen molar-refractivity contribution in [2.24, 2.45) is 0 Å². The SMILES string of the molecule is C1=CC2=CC3=C(CCCO3)CC2=C1. The van der Waals surface area contributed by atoms with Crippen molar-refractivity contribution in [2.75, 3.05) is 6.61 Å². The minimum atomic E-state index is 0.894. The molecule has 1 heteroatoms. The Bertz CT molecular complexity index is 367. The van der Waals surface area contributed by atoms with Crippen molar-refractivity contribution >= 4 is 0 Å². The molecule has 2 aliphatic carbocycles. The van der Waals surface area contributed by atoms with Crippen LogP contribution in [0.25, 0.3) is 0 Å². The number of hydrogen-bond donors (Lipinski definition) is 0. The molecule has 0 amide bonds. The first-order chi connectivity index (χ1) is 6.43. The zero-order valence-electron chi connectivity index (χ0n) is 7.55. The van der Waals surface area contributed by atoms with Gasteiger partial charge in [0.15, 0.2) is 0 Å². The van der Waals surface area contributed by atoms with Crippen LogP contribution in [0.15, 0.2) is 46.8 Å². The maximum Gasteiger partial charge on any atom is 0.119 e. The average Bonchev–Trinajstić information content (AvgIpc) is 2.61. The van der Waals surface area contributed by atoms with E-state index in [-0.39, 0.29) is 0 Å². The van der Waals surface area contributed by atoms with Crippen molar-refractivity contribution in [3.05, 3.63) is 46.8 Å². The molecule has 1 nitrogen and oxygen atoms in total. The van der Waals surface area contributed by atoms with E-state index < -0.39 is 0 Å². The summed E-state index contributed by atoms with van der Waals surface area (Å²) >= 11 is 0.